The van der Waals surface area contributed by atoms with Gasteiger partial charge in [0, 0.05) is 0 Å². The molecule has 79 valence electrons. The van der Waals surface area contributed by atoms with E-state index in [0.29, 0.717) is 5.41 Å². The predicted molar refractivity (Wildman–Crippen MR) is 54.8 cm³/mol. The lowest BCUT2D eigenvalue weighted by atomic mass is 9.63. The van der Waals surface area contributed by atoms with Gasteiger partial charge in [-0.2, -0.15) is 0 Å². The molecule has 1 radical (unpaired) electrons. The van der Waals surface area contributed by atoms with Gasteiger partial charge in [-0.25, -0.2) is 0 Å². The highest BCUT2D eigenvalue weighted by molar-refractivity contribution is 5.70. The first-order valence-electron chi connectivity index (χ1n) is 5.79. The minimum atomic E-state index is -0.605. The van der Waals surface area contributed by atoms with E-state index in [9.17, 15) is 4.79 Å². The van der Waals surface area contributed by atoms with Crippen LogP contribution in [0.1, 0.15) is 51.4 Å². The topological polar surface area (TPSA) is 37.3 Å². The molecule has 0 amide bonds. The maximum atomic E-state index is 10.8. The van der Waals surface area contributed by atoms with Gasteiger partial charge in [0.15, 0.2) is 0 Å². The summed E-state index contributed by atoms with van der Waals surface area (Å²) in [7, 11) is 0. The molecule has 0 bridgehead atoms. The van der Waals surface area contributed by atoms with Gasteiger partial charge in [0.1, 0.15) is 0 Å². The van der Waals surface area contributed by atoms with Crippen LogP contribution in [0.3, 0.4) is 0 Å². The van der Waals surface area contributed by atoms with E-state index in [1.807, 2.05) is 0 Å². The van der Waals surface area contributed by atoms with E-state index >= 15 is 0 Å². The van der Waals surface area contributed by atoms with E-state index in [1.54, 1.807) is 0 Å². The Morgan fingerprint density at radius 1 is 1.21 bits per heavy atom. The number of carboxylic acid groups (broad SMARTS) is 1. The largest absolute Gasteiger partial charge is 0.481 e. The second-order valence-corrected chi connectivity index (χ2v) is 4.94. The van der Waals surface area contributed by atoms with E-state index in [2.05, 4.69) is 6.42 Å². The van der Waals surface area contributed by atoms with Crippen molar-refractivity contribution in [3.8, 4) is 0 Å². The predicted octanol–water partition coefficient (Wildman–Crippen LogP) is 3.03. The lowest BCUT2D eigenvalue weighted by Crippen LogP contribution is -2.32. The van der Waals surface area contributed by atoms with Crippen molar-refractivity contribution in [2.24, 2.45) is 11.3 Å². The Balaban J connectivity index is 1.90. The van der Waals surface area contributed by atoms with Crippen LogP contribution in [0.15, 0.2) is 0 Å². The van der Waals surface area contributed by atoms with Crippen LogP contribution < -0.4 is 0 Å². The van der Waals surface area contributed by atoms with Crippen LogP contribution in [0.5, 0.6) is 0 Å². The molecule has 2 nitrogen and oxygen atoms in total. The summed E-state index contributed by atoms with van der Waals surface area (Å²) in [5.41, 5.74) is 0.435. The van der Waals surface area contributed by atoms with Gasteiger partial charge in [0.05, 0.1) is 5.92 Å². The zero-order valence-electron chi connectivity index (χ0n) is 8.67. The van der Waals surface area contributed by atoms with Crippen LogP contribution in [0.2, 0.25) is 0 Å². The van der Waals surface area contributed by atoms with Crippen LogP contribution in [0.4, 0.5) is 0 Å². The summed E-state index contributed by atoms with van der Waals surface area (Å²) in [6, 6.07) is 0. The Morgan fingerprint density at radius 3 is 2.43 bits per heavy atom. The number of aliphatic carboxylic acids is 1. The highest BCUT2D eigenvalue weighted by atomic mass is 16.4. The molecule has 2 rings (SSSR count). The zero-order chi connectivity index (χ0) is 10.0. The molecule has 2 aliphatic carbocycles. The monoisotopic (exact) mass is 195 g/mol. The molecule has 1 N–H and O–H groups in total. The van der Waals surface area contributed by atoms with Gasteiger partial charge in [-0.3, -0.25) is 4.79 Å². The quantitative estimate of drug-likeness (QED) is 0.698. The van der Waals surface area contributed by atoms with Crippen molar-refractivity contribution in [3.05, 3.63) is 6.42 Å². The second-order valence-electron chi connectivity index (χ2n) is 4.94. The molecule has 0 aromatic rings. The minimum Gasteiger partial charge on any atom is -0.481 e. The Morgan fingerprint density at radius 2 is 1.93 bits per heavy atom. The molecule has 1 atom stereocenters. The van der Waals surface area contributed by atoms with E-state index in [1.165, 1.54) is 32.1 Å². The van der Waals surface area contributed by atoms with Crippen molar-refractivity contribution in [1.29, 1.82) is 0 Å². The lowest BCUT2D eigenvalue weighted by molar-refractivity contribution is -0.143. The highest BCUT2D eigenvalue weighted by Crippen LogP contribution is 2.48. The molecule has 2 fully saturated rings. The molecule has 0 aliphatic heterocycles. The summed E-state index contributed by atoms with van der Waals surface area (Å²) in [6.07, 6.45) is 11.8. The van der Waals surface area contributed by atoms with Crippen LogP contribution in [-0.4, -0.2) is 11.1 Å². The van der Waals surface area contributed by atoms with Gasteiger partial charge >= 0.3 is 5.97 Å². The molecule has 1 spiro atoms. The van der Waals surface area contributed by atoms with Crippen molar-refractivity contribution < 1.29 is 9.90 Å². The summed E-state index contributed by atoms with van der Waals surface area (Å²) in [5.74, 6) is -0.700. The summed E-state index contributed by atoms with van der Waals surface area (Å²) in [4.78, 5) is 10.8. The Hall–Kier alpha value is -0.530. The number of hydrogen-bond donors (Lipinski definition) is 1. The van der Waals surface area contributed by atoms with Crippen molar-refractivity contribution >= 4 is 5.97 Å². The fraction of sp³-hybridized carbons (Fsp3) is 0.833. The molecule has 2 saturated carbocycles. The smallest absolute Gasteiger partial charge is 0.306 e. The first-order chi connectivity index (χ1) is 6.72. The van der Waals surface area contributed by atoms with Gasteiger partial charge < -0.3 is 5.11 Å². The molecular weight excluding hydrogens is 176 g/mol. The molecule has 1 unspecified atom stereocenters. The standard InChI is InChI=1S/C12H19O2/c13-11(14)10-4-8-12(9-5-10)6-2-1-3-7-12/h8,10H,1-7,9H2,(H,13,14). The molecule has 2 aliphatic rings. The fourth-order valence-corrected chi connectivity index (χ4v) is 3.01. The van der Waals surface area contributed by atoms with E-state index in [-0.39, 0.29) is 5.92 Å². The van der Waals surface area contributed by atoms with Crippen molar-refractivity contribution in [2.75, 3.05) is 0 Å². The van der Waals surface area contributed by atoms with E-state index < -0.39 is 5.97 Å². The summed E-state index contributed by atoms with van der Waals surface area (Å²) in [5, 5.41) is 8.91. The van der Waals surface area contributed by atoms with Gasteiger partial charge in [-0.15, -0.1) is 0 Å². The second kappa shape index (κ2) is 3.92. The maximum Gasteiger partial charge on any atom is 0.306 e. The number of carboxylic acids is 1. The van der Waals surface area contributed by atoms with Gasteiger partial charge in [-0.1, -0.05) is 19.3 Å². The summed E-state index contributed by atoms with van der Waals surface area (Å²) >= 11 is 0. The van der Waals surface area contributed by atoms with Crippen molar-refractivity contribution in [1.82, 2.24) is 0 Å². The normalized spacial score (nSPS) is 27.7. The van der Waals surface area contributed by atoms with Crippen molar-refractivity contribution in [3.63, 3.8) is 0 Å². The number of carbonyl (C=O) groups is 1. The lowest BCUT2D eigenvalue weighted by Gasteiger charge is -2.41. The molecule has 14 heavy (non-hydrogen) atoms. The van der Waals surface area contributed by atoms with Gasteiger partial charge in [-0.05, 0) is 43.9 Å². The van der Waals surface area contributed by atoms with E-state index in [4.69, 9.17) is 5.11 Å². The van der Waals surface area contributed by atoms with Crippen LogP contribution >= 0.6 is 0 Å². The molecule has 0 aromatic heterocycles. The van der Waals surface area contributed by atoms with Crippen LogP contribution in [0, 0.1) is 17.8 Å². The molecule has 0 heterocycles. The first kappa shape index (κ1) is 10.0. The van der Waals surface area contributed by atoms with Crippen LogP contribution in [-0.2, 0) is 4.79 Å². The fourth-order valence-electron chi connectivity index (χ4n) is 3.01. The maximum absolute atomic E-state index is 10.8. The average molecular weight is 195 g/mol. The third-order valence-corrected chi connectivity index (χ3v) is 4.02. The van der Waals surface area contributed by atoms with E-state index in [0.717, 1.165) is 19.3 Å². The van der Waals surface area contributed by atoms with Crippen LogP contribution in [0.25, 0.3) is 0 Å². The Labute approximate surface area is 85.7 Å². The van der Waals surface area contributed by atoms with Gasteiger partial charge in [0.25, 0.3) is 0 Å². The number of hydrogen-bond acceptors (Lipinski definition) is 1. The van der Waals surface area contributed by atoms with Gasteiger partial charge in [0.2, 0.25) is 0 Å². The highest BCUT2D eigenvalue weighted by Gasteiger charge is 2.38. The molecular formula is C12H19O2. The Bertz CT molecular complexity index is 206. The number of rotatable bonds is 1. The molecule has 0 aromatic carbocycles. The first-order valence-corrected chi connectivity index (χ1v) is 5.79. The third kappa shape index (κ3) is 1.94. The summed E-state index contributed by atoms with van der Waals surface area (Å²) < 4.78 is 0. The molecule has 2 heteroatoms. The SMILES string of the molecule is O=C(O)C1C[CH]C2(CCCCC2)CC1. The molecule has 0 saturated heterocycles. The van der Waals surface area contributed by atoms with Crippen molar-refractivity contribution in [2.45, 2.75) is 51.4 Å². The average Bonchev–Trinajstić information content (AvgIpc) is 2.19. The zero-order valence-corrected chi connectivity index (χ0v) is 8.67. The Kier molecular flexibility index (Phi) is 2.80. The minimum absolute atomic E-state index is 0.0949. The summed E-state index contributed by atoms with van der Waals surface area (Å²) in [6.45, 7) is 0. The third-order valence-electron chi connectivity index (χ3n) is 4.02.